The minimum Gasteiger partial charge on any atom is -0.453 e. The number of ether oxygens (including phenoxy) is 1. The van der Waals surface area contributed by atoms with E-state index in [1.165, 1.54) is 38.5 Å². The highest BCUT2D eigenvalue weighted by Crippen LogP contribution is 2.61. The second-order valence-corrected chi connectivity index (χ2v) is 9.41. The van der Waals surface area contributed by atoms with E-state index in [-0.39, 0.29) is 17.3 Å². The van der Waals surface area contributed by atoms with Crippen molar-refractivity contribution in [2.24, 2.45) is 23.2 Å². The van der Waals surface area contributed by atoms with Gasteiger partial charge in [-0.1, -0.05) is 30.3 Å². The number of esters is 1. The molecule has 4 aliphatic carbocycles. The van der Waals surface area contributed by atoms with E-state index in [1.54, 1.807) is 18.9 Å². The highest BCUT2D eigenvalue weighted by molar-refractivity contribution is 5.83. The van der Waals surface area contributed by atoms with Crippen LogP contribution in [0.2, 0.25) is 0 Å². The molecule has 146 valence electrons. The van der Waals surface area contributed by atoms with Crippen LogP contribution in [0.15, 0.2) is 30.3 Å². The van der Waals surface area contributed by atoms with Gasteiger partial charge in [-0.3, -0.25) is 9.59 Å². The largest absolute Gasteiger partial charge is 0.453 e. The predicted octanol–water partition coefficient (Wildman–Crippen LogP) is 4.18. The van der Waals surface area contributed by atoms with Crippen LogP contribution in [0, 0.1) is 23.2 Å². The third-order valence-corrected chi connectivity index (χ3v) is 6.98. The molecule has 27 heavy (non-hydrogen) atoms. The molecule has 0 saturated heterocycles. The fourth-order valence-electron chi connectivity index (χ4n) is 6.35. The van der Waals surface area contributed by atoms with Crippen LogP contribution in [0.5, 0.6) is 0 Å². The first-order chi connectivity index (χ1) is 12.9. The van der Waals surface area contributed by atoms with Gasteiger partial charge in [-0.15, -0.1) is 0 Å². The highest BCUT2D eigenvalue weighted by atomic mass is 16.5. The number of nitrogens with zero attached hydrogens (tertiary/aromatic N) is 1. The van der Waals surface area contributed by atoms with E-state index in [9.17, 15) is 9.59 Å². The summed E-state index contributed by atoms with van der Waals surface area (Å²) in [7, 11) is 1.76. The van der Waals surface area contributed by atoms with Crippen LogP contribution in [0.1, 0.15) is 57.4 Å². The summed E-state index contributed by atoms with van der Waals surface area (Å²) in [5.41, 5.74) is 1.23. The van der Waals surface area contributed by atoms with Crippen LogP contribution in [0.4, 0.5) is 0 Å². The lowest BCUT2D eigenvalue weighted by atomic mass is 9.49. The van der Waals surface area contributed by atoms with Gasteiger partial charge in [0.05, 0.1) is 6.42 Å². The van der Waals surface area contributed by atoms with E-state index in [2.05, 4.69) is 0 Å². The van der Waals surface area contributed by atoms with Crippen molar-refractivity contribution in [1.29, 1.82) is 0 Å². The first-order valence-electron chi connectivity index (χ1n) is 10.4. The van der Waals surface area contributed by atoms with E-state index >= 15 is 0 Å². The van der Waals surface area contributed by atoms with Crippen LogP contribution in [-0.2, 0) is 20.9 Å². The number of likely N-dealkylation sites (N-methyl/N-ethyl adjacent to an activating group) is 1. The van der Waals surface area contributed by atoms with Gasteiger partial charge in [-0.25, -0.2) is 0 Å². The molecule has 4 saturated carbocycles. The standard InChI is InChI=1S/C23H31NO3/c1-16(22(26)24(2)15-17-6-4-3-5-7-17)27-21(25)14-23-11-18-8-19(12-23)10-20(9-18)13-23/h3-7,16,18-20H,8-15H2,1-2H3/t16-,18?,19?,20?,23?/m0/s1. The van der Waals surface area contributed by atoms with Crippen molar-refractivity contribution in [2.75, 3.05) is 7.05 Å². The van der Waals surface area contributed by atoms with Crippen molar-refractivity contribution >= 4 is 11.9 Å². The number of amides is 1. The Morgan fingerprint density at radius 2 is 1.63 bits per heavy atom. The van der Waals surface area contributed by atoms with E-state index in [1.807, 2.05) is 30.3 Å². The van der Waals surface area contributed by atoms with Crippen molar-refractivity contribution in [3.63, 3.8) is 0 Å². The molecular formula is C23H31NO3. The smallest absolute Gasteiger partial charge is 0.307 e. The van der Waals surface area contributed by atoms with Crippen molar-refractivity contribution < 1.29 is 14.3 Å². The molecule has 1 aromatic rings. The van der Waals surface area contributed by atoms with Gasteiger partial charge in [-0.2, -0.15) is 0 Å². The molecule has 0 heterocycles. The summed E-state index contributed by atoms with van der Waals surface area (Å²) in [6.45, 7) is 2.22. The second kappa shape index (κ2) is 7.29. The summed E-state index contributed by atoms with van der Waals surface area (Å²) in [6, 6.07) is 9.87. The Bertz CT molecular complexity index is 664. The Balaban J connectivity index is 1.30. The van der Waals surface area contributed by atoms with Crippen LogP contribution in [-0.4, -0.2) is 29.9 Å². The number of carbonyl (C=O) groups is 2. The van der Waals surface area contributed by atoms with Gasteiger partial charge in [-0.05, 0) is 74.2 Å². The molecule has 4 bridgehead atoms. The summed E-state index contributed by atoms with van der Waals surface area (Å²) in [6.07, 6.45) is 7.43. The Kier molecular flexibility index (Phi) is 5.00. The Labute approximate surface area is 162 Å². The normalized spacial score (nSPS) is 32.1. The average Bonchev–Trinajstić information content (AvgIpc) is 2.60. The summed E-state index contributed by atoms with van der Waals surface area (Å²) in [5.74, 6) is 2.13. The first-order valence-corrected chi connectivity index (χ1v) is 10.4. The molecule has 0 spiro atoms. The molecule has 0 unspecified atom stereocenters. The molecule has 0 aromatic heterocycles. The Morgan fingerprint density at radius 3 is 2.19 bits per heavy atom. The average molecular weight is 370 g/mol. The molecule has 4 aliphatic rings. The SMILES string of the molecule is C[C@H](OC(=O)CC12CC3CC(CC(C3)C1)C2)C(=O)N(C)Cc1ccccc1. The van der Waals surface area contributed by atoms with Gasteiger partial charge in [0.2, 0.25) is 0 Å². The van der Waals surface area contributed by atoms with Gasteiger partial charge in [0, 0.05) is 13.6 Å². The number of carbonyl (C=O) groups excluding carboxylic acids is 2. The lowest BCUT2D eigenvalue weighted by molar-refractivity contribution is -0.164. The van der Waals surface area contributed by atoms with E-state index in [4.69, 9.17) is 4.74 Å². The lowest BCUT2D eigenvalue weighted by Crippen LogP contribution is -2.47. The molecule has 5 rings (SSSR count). The molecule has 0 aliphatic heterocycles. The monoisotopic (exact) mass is 369 g/mol. The third-order valence-electron chi connectivity index (χ3n) is 6.98. The van der Waals surface area contributed by atoms with E-state index < -0.39 is 6.10 Å². The minimum atomic E-state index is -0.722. The maximum Gasteiger partial charge on any atom is 0.307 e. The van der Waals surface area contributed by atoms with E-state index in [0.29, 0.717) is 13.0 Å². The van der Waals surface area contributed by atoms with Crippen molar-refractivity contribution in [3.05, 3.63) is 35.9 Å². The van der Waals surface area contributed by atoms with Crippen molar-refractivity contribution in [3.8, 4) is 0 Å². The Hall–Kier alpha value is -1.84. The second-order valence-electron chi connectivity index (χ2n) is 9.41. The van der Waals surface area contributed by atoms with Crippen molar-refractivity contribution in [2.45, 2.75) is 64.5 Å². The quantitative estimate of drug-likeness (QED) is 0.707. The maximum absolute atomic E-state index is 12.6. The zero-order valence-corrected chi connectivity index (χ0v) is 16.5. The molecule has 4 fully saturated rings. The fraction of sp³-hybridized carbons (Fsp3) is 0.652. The summed E-state index contributed by atoms with van der Waals surface area (Å²) >= 11 is 0. The topological polar surface area (TPSA) is 46.6 Å². The third kappa shape index (κ3) is 4.04. The minimum absolute atomic E-state index is 0.141. The number of hydrogen-bond donors (Lipinski definition) is 0. The van der Waals surface area contributed by atoms with Crippen LogP contribution in [0.3, 0.4) is 0 Å². The molecule has 0 N–H and O–H groups in total. The molecule has 1 atom stereocenters. The first kappa shape index (κ1) is 18.5. The van der Waals surface area contributed by atoms with Gasteiger partial charge in [0.1, 0.15) is 0 Å². The molecular weight excluding hydrogens is 338 g/mol. The summed E-state index contributed by atoms with van der Waals surface area (Å²) < 4.78 is 5.58. The lowest BCUT2D eigenvalue weighted by Gasteiger charge is -2.56. The van der Waals surface area contributed by atoms with Gasteiger partial charge in [0.15, 0.2) is 6.10 Å². The number of hydrogen-bond acceptors (Lipinski definition) is 3. The summed E-state index contributed by atoms with van der Waals surface area (Å²) in [4.78, 5) is 26.9. The molecule has 1 amide bonds. The Morgan fingerprint density at radius 1 is 1.07 bits per heavy atom. The highest BCUT2D eigenvalue weighted by Gasteiger charge is 2.51. The zero-order chi connectivity index (χ0) is 19.0. The van der Waals surface area contributed by atoms with Crippen LogP contribution in [0.25, 0.3) is 0 Å². The zero-order valence-electron chi connectivity index (χ0n) is 16.5. The molecule has 4 nitrogen and oxygen atoms in total. The fourth-order valence-corrected chi connectivity index (χ4v) is 6.35. The van der Waals surface area contributed by atoms with Crippen LogP contribution < -0.4 is 0 Å². The predicted molar refractivity (Wildman–Crippen MR) is 104 cm³/mol. The number of benzene rings is 1. The van der Waals surface area contributed by atoms with Gasteiger partial charge >= 0.3 is 5.97 Å². The van der Waals surface area contributed by atoms with Gasteiger partial charge < -0.3 is 9.64 Å². The molecule has 1 aromatic carbocycles. The number of rotatable bonds is 6. The molecule has 0 radical (unpaired) electrons. The van der Waals surface area contributed by atoms with Gasteiger partial charge in [0.25, 0.3) is 5.91 Å². The molecule has 4 heteroatoms. The summed E-state index contributed by atoms with van der Waals surface area (Å²) in [5, 5.41) is 0. The van der Waals surface area contributed by atoms with Crippen LogP contribution >= 0.6 is 0 Å². The van der Waals surface area contributed by atoms with Crippen molar-refractivity contribution in [1.82, 2.24) is 4.90 Å². The maximum atomic E-state index is 12.6. The van der Waals surface area contributed by atoms with E-state index in [0.717, 1.165) is 23.3 Å².